The van der Waals surface area contributed by atoms with Crippen LogP contribution in [0.15, 0.2) is 34.8 Å². The molecule has 110 valence electrons. The van der Waals surface area contributed by atoms with E-state index in [0.717, 1.165) is 6.07 Å². The van der Waals surface area contributed by atoms with Crippen LogP contribution in [0.3, 0.4) is 0 Å². The second-order valence-electron chi connectivity index (χ2n) is 4.16. The Morgan fingerprint density at radius 1 is 1.24 bits per heavy atom. The fourth-order valence-corrected chi connectivity index (χ4v) is 2.03. The van der Waals surface area contributed by atoms with Crippen molar-refractivity contribution in [3.8, 4) is 5.75 Å². The first kappa shape index (κ1) is 15.2. The molecule has 21 heavy (non-hydrogen) atoms. The van der Waals surface area contributed by atoms with Crippen molar-refractivity contribution in [1.29, 1.82) is 0 Å². The summed E-state index contributed by atoms with van der Waals surface area (Å²) in [5.74, 6) is -1.76. The lowest BCUT2D eigenvalue weighted by Gasteiger charge is -2.09. The van der Waals surface area contributed by atoms with Crippen LogP contribution < -0.4 is 15.8 Å². The summed E-state index contributed by atoms with van der Waals surface area (Å²) in [7, 11) is 1.46. The molecule has 7 heteroatoms. The number of carbonyl (C=O) groups excluding carboxylic acids is 1. The highest BCUT2D eigenvalue weighted by Gasteiger charge is 2.13. The molecule has 2 rings (SSSR count). The van der Waals surface area contributed by atoms with Gasteiger partial charge >= 0.3 is 0 Å². The molecule has 0 heterocycles. The molecule has 0 unspecified atom stereocenters. The van der Waals surface area contributed by atoms with Crippen LogP contribution in [0.5, 0.6) is 5.75 Å². The largest absolute Gasteiger partial charge is 0.495 e. The maximum absolute atomic E-state index is 13.6. The quantitative estimate of drug-likeness (QED) is 0.652. The van der Waals surface area contributed by atoms with E-state index >= 15 is 0 Å². The molecule has 0 saturated carbocycles. The third-order valence-electron chi connectivity index (χ3n) is 2.75. The maximum atomic E-state index is 13.6. The summed E-state index contributed by atoms with van der Waals surface area (Å²) in [4.78, 5) is 12.0. The molecule has 0 radical (unpaired) electrons. The lowest BCUT2D eigenvalue weighted by atomic mass is 10.1. The number of nitrogens with one attached hydrogen (secondary N) is 1. The van der Waals surface area contributed by atoms with Crippen molar-refractivity contribution in [3.05, 3.63) is 52.0 Å². The number of hydrogen-bond donors (Lipinski definition) is 2. The van der Waals surface area contributed by atoms with Crippen LogP contribution in [0, 0.1) is 11.6 Å². The zero-order valence-electron chi connectivity index (χ0n) is 10.9. The molecule has 0 atom stereocenters. The lowest BCUT2D eigenvalue weighted by molar-refractivity contribution is 0.102. The first-order valence-electron chi connectivity index (χ1n) is 5.81. The topological polar surface area (TPSA) is 64.3 Å². The van der Waals surface area contributed by atoms with Crippen molar-refractivity contribution >= 4 is 33.2 Å². The fourth-order valence-electron chi connectivity index (χ4n) is 1.69. The fraction of sp³-hybridized carbons (Fsp3) is 0.0714. The minimum absolute atomic E-state index is 0.0495. The van der Waals surface area contributed by atoms with E-state index in [4.69, 9.17) is 10.5 Å². The van der Waals surface area contributed by atoms with Crippen molar-refractivity contribution in [2.75, 3.05) is 18.2 Å². The van der Waals surface area contributed by atoms with Gasteiger partial charge in [0.2, 0.25) is 0 Å². The molecule has 0 saturated heterocycles. The number of nitrogens with two attached hydrogens (primary N) is 1. The number of benzene rings is 2. The number of anilines is 2. The predicted octanol–water partition coefficient (Wildman–Crippen LogP) is 3.57. The van der Waals surface area contributed by atoms with Crippen molar-refractivity contribution in [2.45, 2.75) is 0 Å². The second kappa shape index (κ2) is 6.09. The number of ether oxygens (including phenoxy) is 1. The monoisotopic (exact) mass is 356 g/mol. The number of nitrogen functional groups attached to an aromatic ring is 1. The number of methoxy groups -OCH3 is 1. The molecule has 0 bridgehead atoms. The van der Waals surface area contributed by atoms with Gasteiger partial charge in [0.25, 0.3) is 5.91 Å². The molecule has 3 N–H and O–H groups in total. The molecule has 2 aromatic rings. The third-order valence-corrected chi connectivity index (χ3v) is 3.36. The zero-order valence-corrected chi connectivity index (χ0v) is 12.5. The summed E-state index contributed by atoms with van der Waals surface area (Å²) in [5, 5.41) is 2.35. The highest BCUT2D eigenvalue weighted by atomic mass is 79.9. The second-order valence-corrected chi connectivity index (χ2v) is 5.01. The Bertz CT molecular complexity index is 708. The van der Waals surface area contributed by atoms with E-state index in [9.17, 15) is 13.6 Å². The number of halogens is 3. The van der Waals surface area contributed by atoms with Crippen molar-refractivity contribution in [3.63, 3.8) is 0 Å². The summed E-state index contributed by atoms with van der Waals surface area (Å²) in [6, 6.07) is 6.25. The summed E-state index contributed by atoms with van der Waals surface area (Å²) < 4.78 is 31.7. The van der Waals surface area contributed by atoms with Gasteiger partial charge in [0.15, 0.2) is 0 Å². The molecule has 2 aromatic carbocycles. The van der Waals surface area contributed by atoms with Crippen LogP contribution in [0.25, 0.3) is 0 Å². The van der Waals surface area contributed by atoms with Crippen molar-refractivity contribution < 1.29 is 18.3 Å². The molecule has 0 aliphatic heterocycles. The molecule has 0 aromatic heterocycles. The standard InChI is InChI=1S/C14H11BrF2N2O2/c1-21-13-3-2-7(4-11(13)18)14(20)19-12-5-8(15)9(16)6-10(12)17/h2-6H,18H2,1H3,(H,19,20). The van der Waals surface area contributed by atoms with Crippen molar-refractivity contribution in [1.82, 2.24) is 0 Å². The number of hydrogen-bond acceptors (Lipinski definition) is 3. The summed E-state index contributed by atoms with van der Waals surface area (Å²) >= 11 is 2.93. The molecule has 1 amide bonds. The molecule has 4 nitrogen and oxygen atoms in total. The van der Waals surface area contributed by atoms with E-state index in [0.29, 0.717) is 11.8 Å². The molecule has 0 fully saturated rings. The van der Waals surface area contributed by atoms with E-state index in [1.54, 1.807) is 0 Å². The van der Waals surface area contributed by atoms with Gasteiger partial charge in [-0.1, -0.05) is 0 Å². The van der Waals surface area contributed by atoms with E-state index in [1.165, 1.54) is 25.3 Å². The molecule has 0 aliphatic rings. The predicted molar refractivity (Wildman–Crippen MR) is 79.4 cm³/mol. The van der Waals surface area contributed by atoms with Gasteiger partial charge in [-0.05, 0) is 40.2 Å². The van der Waals surface area contributed by atoms with Gasteiger partial charge in [-0.3, -0.25) is 4.79 Å². The summed E-state index contributed by atoms with van der Waals surface area (Å²) in [6.07, 6.45) is 0. The average Bonchev–Trinajstić information content (AvgIpc) is 2.44. The lowest BCUT2D eigenvalue weighted by Crippen LogP contribution is -2.13. The van der Waals surface area contributed by atoms with Crippen molar-refractivity contribution in [2.24, 2.45) is 0 Å². The number of amides is 1. The number of rotatable bonds is 3. The van der Waals surface area contributed by atoms with E-state index in [2.05, 4.69) is 21.2 Å². The first-order valence-corrected chi connectivity index (χ1v) is 6.61. The highest BCUT2D eigenvalue weighted by molar-refractivity contribution is 9.10. The molecule has 0 spiro atoms. The Labute approximate surface area is 128 Å². The molecule has 0 aliphatic carbocycles. The van der Waals surface area contributed by atoms with Crippen LogP contribution in [0.2, 0.25) is 0 Å². The van der Waals surface area contributed by atoms with Gasteiger partial charge in [0.05, 0.1) is 23.0 Å². The number of carbonyl (C=O) groups is 1. The SMILES string of the molecule is COc1ccc(C(=O)Nc2cc(Br)c(F)cc2F)cc1N. The Hall–Kier alpha value is -2.15. The van der Waals surface area contributed by atoms with Crippen LogP contribution >= 0.6 is 15.9 Å². The Kier molecular flexibility index (Phi) is 4.42. The minimum Gasteiger partial charge on any atom is -0.495 e. The van der Waals surface area contributed by atoms with Crippen LogP contribution in [0.4, 0.5) is 20.2 Å². The molecular formula is C14H11BrF2N2O2. The smallest absolute Gasteiger partial charge is 0.255 e. The normalized spacial score (nSPS) is 10.3. The third kappa shape index (κ3) is 3.30. The highest BCUT2D eigenvalue weighted by Crippen LogP contribution is 2.25. The van der Waals surface area contributed by atoms with Gasteiger partial charge < -0.3 is 15.8 Å². The van der Waals surface area contributed by atoms with E-state index < -0.39 is 17.5 Å². The minimum atomic E-state index is -0.870. The first-order chi connectivity index (χ1) is 9.92. The van der Waals surface area contributed by atoms with Gasteiger partial charge in [-0.15, -0.1) is 0 Å². The Balaban J connectivity index is 2.26. The zero-order chi connectivity index (χ0) is 15.6. The summed E-state index contributed by atoms with van der Waals surface area (Å²) in [5.41, 5.74) is 6.08. The van der Waals surface area contributed by atoms with E-state index in [-0.39, 0.29) is 21.4 Å². The Morgan fingerprint density at radius 2 is 1.95 bits per heavy atom. The van der Waals surface area contributed by atoms with Crippen LogP contribution in [-0.4, -0.2) is 13.0 Å². The van der Waals surface area contributed by atoms with Crippen LogP contribution in [-0.2, 0) is 0 Å². The van der Waals surface area contributed by atoms with E-state index in [1.807, 2.05) is 0 Å². The van der Waals surface area contributed by atoms with Gasteiger partial charge in [0.1, 0.15) is 17.4 Å². The van der Waals surface area contributed by atoms with Crippen LogP contribution in [0.1, 0.15) is 10.4 Å². The van der Waals surface area contributed by atoms with Gasteiger partial charge in [-0.2, -0.15) is 0 Å². The average molecular weight is 357 g/mol. The summed E-state index contributed by atoms with van der Waals surface area (Å²) in [6.45, 7) is 0. The Morgan fingerprint density at radius 3 is 2.57 bits per heavy atom. The maximum Gasteiger partial charge on any atom is 0.255 e. The molecular weight excluding hydrogens is 346 g/mol. The van der Waals surface area contributed by atoms with Gasteiger partial charge in [-0.25, -0.2) is 8.78 Å². The van der Waals surface area contributed by atoms with Gasteiger partial charge in [0, 0.05) is 11.6 Å².